The van der Waals surface area contributed by atoms with Crippen LogP contribution < -0.4 is 4.90 Å². The van der Waals surface area contributed by atoms with Crippen LogP contribution in [0.4, 0.5) is 11.4 Å². The van der Waals surface area contributed by atoms with Crippen LogP contribution in [0.2, 0.25) is 0 Å². The molecule has 2 aromatic carbocycles. The molecule has 1 heterocycles. The Hall–Kier alpha value is -2.87. The van der Waals surface area contributed by atoms with Gasteiger partial charge in [-0.1, -0.05) is 24.3 Å². The Morgan fingerprint density at radius 1 is 1.04 bits per heavy atom. The molecule has 0 unspecified atom stereocenters. The number of para-hydroxylation sites is 1. The summed E-state index contributed by atoms with van der Waals surface area (Å²) < 4.78 is 26.4. The fourth-order valence-electron chi connectivity index (χ4n) is 2.74. The van der Waals surface area contributed by atoms with Crippen LogP contribution in [0.5, 0.6) is 0 Å². The minimum absolute atomic E-state index is 0.113. The molecule has 0 bridgehead atoms. The molecule has 27 heavy (non-hydrogen) atoms. The number of carbonyl (C=O) groups is 1. The first-order valence-electron chi connectivity index (χ1n) is 8.44. The van der Waals surface area contributed by atoms with E-state index in [0.717, 1.165) is 15.6 Å². The molecule has 3 rings (SSSR count). The minimum Gasteiger partial charge on any atom is -0.378 e. The normalized spacial score (nSPS) is 14.6. The van der Waals surface area contributed by atoms with Crippen LogP contribution in [0.15, 0.2) is 58.4 Å². The lowest BCUT2D eigenvalue weighted by atomic mass is 10.2. The fraction of sp³-hybridized carbons (Fsp3) is 0.263. The van der Waals surface area contributed by atoms with Crippen molar-refractivity contribution < 1.29 is 13.2 Å². The third-order valence-electron chi connectivity index (χ3n) is 4.37. The highest BCUT2D eigenvalue weighted by Gasteiger charge is 2.30. The van der Waals surface area contributed by atoms with Crippen molar-refractivity contribution in [1.29, 1.82) is 0 Å². The van der Waals surface area contributed by atoms with E-state index in [0.29, 0.717) is 12.2 Å². The van der Waals surface area contributed by atoms with Gasteiger partial charge in [0.15, 0.2) is 0 Å². The SMILES string of the molecule is CN(Cc1ccc(N(C)C)cc1)C(=O)CN1C=Nc2ccccc2S1(=O)=O. The van der Waals surface area contributed by atoms with E-state index in [4.69, 9.17) is 0 Å². The van der Waals surface area contributed by atoms with Gasteiger partial charge in [-0.25, -0.2) is 17.7 Å². The van der Waals surface area contributed by atoms with E-state index in [2.05, 4.69) is 4.99 Å². The Morgan fingerprint density at radius 2 is 1.70 bits per heavy atom. The van der Waals surface area contributed by atoms with Crippen molar-refractivity contribution >= 4 is 33.6 Å². The summed E-state index contributed by atoms with van der Waals surface area (Å²) in [6.45, 7) is 0.112. The molecule has 8 heteroatoms. The van der Waals surface area contributed by atoms with Crippen molar-refractivity contribution in [3.8, 4) is 0 Å². The van der Waals surface area contributed by atoms with E-state index < -0.39 is 10.0 Å². The van der Waals surface area contributed by atoms with Crippen molar-refractivity contribution in [2.45, 2.75) is 11.4 Å². The zero-order valence-corrected chi connectivity index (χ0v) is 16.3. The number of amides is 1. The molecule has 1 aliphatic heterocycles. The predicted molar refractivity (Wildman–Crippen MR) is 106 cm³/mol. The van der Waals surface area contributed by atoms with Gasteiger partial charge in [-0.3, -0.25) is 4.79 Å². The molecular weight excluding hydrogens is 364 g/mol. The number of nitrogens with zero attached hydrogens (tertiary/aromatic N) is 4. The Kier molecular flexibility index (Phi) is 5.18. The van der Waals surface area contributed by atoms with Crippen LogP contribution in [-0.2, 0) is 21.4 Å². The summed E-state index contributed by atoms with van der Waals surface area (Å²) in [5.74, 6) is -0.305. The fourth-order valence-corrected chi connectivity index (χ4v) is 4.08. The molecule has 0 aromatic heterocycles. The Labute approximate surface area is 159 Å². The number of aliphatic imine (C=N–C) groups is 1. The summed E-state index contributed by atoms with van der Waals surface area (Å²) >= 11 is 0. The summed E-state index contributed by atoms with van der Waals surface area (Å²) in [5.41, 5.74) is 2.43. The van der Waals surface area contributed by atoms with Crippen molar-refractivity contribution in [2.75, 3.05) is 32.6 Å². The van der Waals surface area contributed by atoms with Gasteiger partial charge in [-0.05, 0) is 29.8 Å². The van der Waals surface area contributed by atoms with Gasteiger partial charge in [0.1, 0.15) is 17.8 Å². The summed E-state index contributed by atoms with van der Waals surface area (Å²) in [7, 11) is 1.81. The predicted octanol–water partition coefficient (Wildman–Crippen LogP) is 2.08. The van der Waals surface area contributed by atoms with Crippen LogP contribution >= 0.6 is 0 Å². The molecule has 0 spiro atoms. The van der Waals surface area contributed by atoms with E-state index >= 15 is 0 Å². The Bertz CT molecular complexity index is 969. The highest BCUT2D eigenvalue weighted by molar-refractivity contribution is 7.89. The van der Waals surface area contributed by atoms with E-state index in [1.54, 1.807) is 25.2 Å². The van der Waals surface area contributed by atoms with Gasteiger partial charge in [0.05, 0.1) is 5.69 Å². The van der Waals surface area contributed by atoms with Crippen molar-refractivity contribution in [1.82, 2.24) is 9.21 Å². The topological polar surface area (TPSA) is 73.3 Å². The average Bonchev–Trinajstić information content (AvgIpc) is 2.64. The first kappa shape index (κ1) is 18.9. The van der Waals surface area contributed by atoms with Crippen LogP contribution in [0.25, 0.3) is 0 Å². The molecule has 0 radical (unpaired) electrons. The van der Waals surface area contributed by atoms with Gasteiger partial charge >= 0.3 is 0 Å². The number of anilines is 1. The minimum atomic E-state index is -3.77. The molecule has 0 N–H and O–H groups in total. The summed E-state index contributed by atoms with van der Waals surface area (Å²) in [4.78, 5) is 20.3. The molecule has 0 fully saturated rings. The second kappa shape index (κ2) is 7.40. The average molecular weight is 386 g/mol. The van der Waals surface area contributed by atoms with Crippen LogP contribution in [0, 0.1) is 0 Å². The third-order valence-corrected chi connectivity index (χ3v) is 6.11. The van der Waals surface area contributed by atoms with Gasteiger partial charge in [0.25, 0.3) is 10.0 Å². The lowest BCUT2D eigenvalue weighted by molar-refractivity contribution is -0.130. The zero-order chi connectivity index (χ0) is 19.6. The second-order valence-electron chi connectivity index (χ2n) is 6.57. The third kappa shape index (κ3) is 3.95. The quantitative estimate of drug-likeness (QED) is 0.789. The lowest BCUT2D eigenvalue weighted by Crippen LogP contribution is -2.41. The molecule has 7 nitrogen and oxygen atoms in total. The van der Waals surface area contributed by atoms with Gasteiger partial charge < -0.3 is 9.80 Å². The smallest absolute Gasteiger partial charge is 0.267 e. The van der Waals surface area contributed by atoms with Crippen LogP contribution in [0.1, 0.15) is 5.56 Å². The number of benzene rings is 2. The molecule has 1 amide bonds. The largest absolute Gasteiger partial charge is 0.378 e. The molecule has 2 aromatic rings. The van der Waals surface area contributed by atoms with E-state index in [9.17, 15) is 13.2 Å². The zero-order valence-electron chi connectivity index (χ0n) is 15.5. The van der Waals surface area contributed by atoms with E-state index in [1.165, 1.54) is 17.3 Å². The van der Waals surface area contributed by atoms with Gasteiger partial charge in [-0.2, -0.15) is 0 Å². The highest BCUT2D eigenvalue weighted by atomic mass is 32.2. The number of carbonyl (C=O) groups excluding carboxylic acids is 1. The maximum Gasteiger partial charge on any atom is 0.267 e. The van der Waals surface area contributed by atoms with Crippen molar-refractivity contribution in [3.05, 3.63) is 54.1 Å². The molecule has 0 saturated heterocycles. The second-order valence-corrected chi connectivity index (χ2v) is 8.43. The molecule has 0 saturated carbocycles. The summed E-state index contributed by atoms with van der Waals surface area (Å²) in [6, 6.07) is 14.4. The number of rotatable bonds is 5. The van der Waals surface area contributed by atoms with Crippen LogP contribution in [0.3, 0.4) is 0 Å². The molecule has 0 atom stereocenters. The molecule has 1 aliphatic rings. The number of fused-ring (bicyclic) bond motifs is 1. The summed E-state index contributed by atoms with van der Waals surface area (Å²) in [6.07, 6.45) is 1.20. The maximum absolute atomic E-state index is 12.7. The first-order chi connectivity index (χ1) is 12.8. The highest BCUT2D eigenvalue weighted by Crippen LogP contribution is 2.29. The number of likely N-dealkylation sites (N-methyl/N-ethyl adjacent to an activating group) is 1. The number of hydrogen-bond acceptors (Lipinski definition) is 5. The molecule has 0 aliphatic carbocycles. The number of sulfonamides is 1. The van der Waals surface area contributed by atoms with Gasteiger partial charge in [0, 0.05) is 33.4 Å². The standard InChI is InChI=1S/C19H22N4O3S/c1-21(2)16-10-8-15(9-11-16)12-22(3)19(24)13-23-14-20-17-6-4-5-7-18(17)27(23,25)26/h4-11,14H,12-13H2,1-3H3. The van der Waals surface area contributed by atoms with E-state index in [1.807, 2.05) is 43.3 Å². The summed E-state index contributed by atoms with van der Waals surface area (Å²) in [5, 5.41) is 0. The Morgan fingerprint density at radius 3 is 2.37 bits per heavy atom. The van der Waals surface area contributed by atoms with Gasteiger partial charge in [0.2, 0.25) is 5.91 Å². The number of hydrogen-bond donors (Lipinski definition) is 0. The van der Waals surface area contributed by atoms with Crippen molar-refractivity contribution in [2.24, 2.45) is 4.99 Å². The van der Waals surface area contributed by atoms with Crippen molar-refractivity contribution in [3.63, 3.8) is 0 Å². The van der Waals surface area contributed by atoms with Crippen LogP contribution in [-0.4, -0.2) is 57.6 Å². The van der Waals surface area contributed by atoms with E-state index in [-0.39, 0.29) is 17.3 Å². The first-order valence-corrected chi connectivity index (χ1v) is 9.88. The maximum atomic E-state index is 12.7. The molecular formula is C19H22N4O3S. The van der Waals surface area contributed by atoms with Gasteiger partial charge in [-0.15, -0.1) is 0 Å². The lowest BCUT2D eigenvalue weighted by Gasteiger charge is -2.26. The molecule has 142 valence electrons. The monoisotopic (exact) mass is 386 g/mol. The Balaban J connectivity index is 1.68.